The molecule has 1 heterocycles. The Morgan fingerprint density at radius 1 is 1.15 bits per heavy atom. The molecule has 0 aromatic rings. The first-order valence-electron chi connectivity index (χ1n) is 3.78. The van der Waals surface area contributed by atoms with Crippen molar-refractivity contribution in [3.05, 3.63) is 0 Å². The van der Waals surface area contributed by atoms with Crippen molar-refractivity contribution >= 4 is 0 Å². The average molecular weight is 195 g/mol. The highest BCUT2D eigenvalue weighted by Crippen LogP contribution is 2.20. The van der Waals surface area contributed by atoms with E-state index in [1.54, 1.807) is 0 Å². The van der Waals surface area contributed by atoms with Crippen molar-refractivity contribution in [2.24, 2.45) is 5.90 Å². The molecule has 0 aliphatic carbocycles. The molecule has 7 nitrogen and oxygen atoms in total. The fourth-order valence-electron chi connectivity index (χ4n) is 1.18. The van der Waals surface area contributed by atoms with Crippen LogP contribution in [0, 0.1) is 0 Å². The second kappa shape index (κ2) is 4.29. The highest BCUT2D eigenvalue weighted by molar-refractivity contribution is 4.88. The van der Waals surface area contributed by atoms with Crippen LogP contribution in [-0.4, -0.2) is 57.7 Å². The fraction of sp³-hybridized carbons (Fsp3) is 1.00. The van der Waals surface area contributed by atoms with Crippen LogP contribution in [0.15, 0.2) is 0 Å². The van der Waals surface area contributed by atoms with E-state index in [0.717, 1.165) is 0 Å². The highest BCUT2D eigenvalue weighted by atomic mass is 16.8. The van der Waals surface area contributed by atoms with Gasteiger partial charge in [0.15, 0.2) is 0 Å². The Bertz CT molecular complexity index is 147. The molecule has 0 radical (unpaired) electrons. The second-order valence-corrected chi connectivity index (χ2v) is 2.83. The van der Waals surface area contributed by atoms with Gasteiger partial charge in [-0.05, 0) is 0 Å². The Labute approximate surface area is 74.3 Å². The zero-order valence-electron chi connectivity index (χ0n) is 6.78. The Morgan fingerprint density at radius 3 is 2.23 bits per heavy atom. The molecule has 1 unspecified atom stereocenters. The van der Waals surface area contributed by atoms with Gasteiger partial charge in [0.2, 0.25) is 6.29 Å². The molecule has 1 aliphatic rings. The van der Waals surface area contributed by atoms with Crippen LogP contribution in [0.25, 0.3) is 0 Å². The number of aliphatic hydroxyl groups excluding tert-OH is 4. The molecule has 78 valence electrons. The molecule has 0 amide bonds. The van der Waals surface area contributed by atoms with Gasteiger partial charge in [0, 0.05) is 0 Å². The maximum atomic E-state index is 9.23. The van der Waals surface area contributed by atoms with E-state index in [0.29, 0.717) is 0 Å². The lowest BCUT2D eigenvalue weighted by molar-refractivity contribution is -0.302. The molecule has 13 heavy (non-hydrogen) atoms. The summed E-state index contributed by atoms with van der Waals surface area (Å²) in [5.41, 5.74) is 0. The van der Waals surface area contributed by atoms with Crippen LogP contribution in [0.1, 0.15) is 0 Å². The van der Waals surface area contributed by atoms with E-state index in [1.807, 2.05) is 0 Å². The normalized spacial score (nSPS) is 46.4. The maximum Gasteiger partial charge on any atom is 0.206 e. The Hall–Kier alpha value is -0.280. The lowest BCUT2D eigenvalue weighted by Gasteiger charge is -2.38. The molecule has 0 bridgehead atoms. The molecule has 1 saturated heterocycles. The van der Waals surface area contributed by atoms with Gasteiger partial charge in [0.05, 0.1) is 6.61 Å². The standard InChI is InChI=1S/C6H13NO6/c7-13-6-5(11)4(10)3(9)2(1-8)12-6/h2-6,8-11H,1,7H2/t2-,3-,4+,5+,6?/m1/s1. The topological polar surface area (TPSA) is 125 Å². The summed E-state index contributed by atoms with van der Waals surface area (Å²) in [6.07, 6.45) is -6.48. The SMILES string of the molecule is NOC1O[C@H](CO)[C@@H](O)[C@H](O)[C@@H]1O. The predicted molar refractivity (Wildman–Crippen MR) is 39.0 cm³/mol. The lowest BCUT2D eigenvalue weighted by atomic mass is 9.99. The summed E-state index contributed by atoms with van der Waals surface area (Å²) in [7, 11) is 0. The third-order valence-electron chi connectivity index (χ3n) is 1.98. The Balaban J connectivity index is 2.66. The van der Waals surface area contributed by atoms with Gasteiger partial charge in [-0.25, -0.2) is 5.90 Å². The summed E-state index contributed by atoms with van der Waals surface area (Å²) in [6.45, 7) is -0.495. The zero-order valence-corrected chi connectivity index (χ0v) is 6.78. The van der Waals surface area contributed by atoms with Crippen LogP contribution >= 0.6 is 0 Å². The van der Waals surface area contributed by atoms with Crippen LogP contribution in [0.2, 0.25) is 0 Å². The minimum absolute atomic E-state index is 0.495. The first kappa shape index (κ1) is 10.8. The zero-order chi connectivity index (χ0) is 10.0. The van der Waals surface area contributed by atoms with Gasteiger partial charge in [-0.3, -0.25) is 4.84 Å². The van der Waals surface area contributed by atoms with Gasteiger partial charge in [0.1, 0.15) is 24.4 Å². The summed E-state index contributed by atoms with van der Waals surface area (Å²) in [4.78, 5) is 4.20. The molecule has 0 aromatic heterocycles. The van der Waals surface area contributed by atoms with Gasteiger partial charge in [-0.15, -0.1) is 0 Å². The molecular weight excluding hydrogens is 182 g/mol. The van der Waals surface area contributed by atoms with E-state index >= 15 is 0 Å². The number of aliphatic hydroxyl groups is 4. The summed E-state index contributed by atoms with van der Waals surface area (Å²) < 4.78 is 4.82. The van der Waals surface area contributed by atoms with Crippen molar-refractivity contribution in [2.45, 2.75) is 30.7 Å². The summed E-state index contributed by atoms with van der Waals surface area (Å²) in [6, 6.07) is 0. The molecule has 0 saturated carbocycles. The van der Waals surface area contributed by atoms with Crippen LogP contribution in [0.4, 0.5) is 0 Å². The number of rotatable bonds is 2. The van der Waals surface area contributed by atoms with Crippen molar-refractivity contribution in [1.82, 2.24) is 0 Å². The van der Waals surface area contributed by atoms with Gasteiger partial charge in [0.25, 0.3) is 0 Å². The lowest BCUT2D eigenvalue weighted by Crippen LogP contribution is -2.59. The summed E-state index contributed by atoms with van der Waals surface area (Å²) >= 11 is 0. The van der Waals surface area contributed by atoms with Gasteiger partial charge >= 0.3 is 0 Å². The van der Waals surface area contributed by atoms with Crippen LogP contribution in [0.3, 0.4) is 0 Å². The minimum atomic E-state index is -1.44. The number of ether oxygens (including phenoxy) is 1. The Kier molecular flexibility index (Phi) is 3.56. The quantitative estimate of drug-likeness (QED) is 0.292. The monoisotopic (exact) mass is 195 g/mol. The van der Waals surface area contributed by atoms with Crippen LogP contribution < -0.4 is 5.90 Å². The predicted octanol–water partition coefficient (Wildman–Crippen LogP) is -3.32. The van der Waals surface area contributed by atoms with Crippen molar-refractivity contribution in [1.29, 1.82) is 0 Å². The molecule has 0 spiro atoms. The highest BCUT2D eigenvalue weighted by Gasteiger charge is 2.43. The molecule has 1 aliphatic heterocycles. The van der Waals surface area contributed by atoms with E-state index < -0.39 is 37.3 Å². The van der Waals surface area contributed by atoms with Crippen molar-refractivity contribution in [3.8, 4) is 0 Å². The Morgan fingerprint density at radius 2 is 1.77 bits per heavy atom. The largest absolute Gasteiger partial charge is 0.394 e. The maximum absolute atomic E-state index is 9.23. The third-order valence-corrected chi connectivity index (χ3v) is 1.98. The average Bonchev–Trinajstić information content (AvgIpc) is 2.15. The first-order chi connectivity index (χ1) is 6.11. The van der Waals surface area contributed by atoms with E-state index in [2.05, 4.69) is 4.84 Å². The van der Waals surface area contributed by atoms with Gasteiger partial charge in [-0.1, -0.05) is 0 Å². The minimum Gasteiger partial charge on any atom is -0.394 e. The van der Waals surface area contributed by atoms with E-state index in [-0.39, 0.29) is 0 Å². The molecule has 7 heteroatoms. The second-order valence-electron chi connectivity index (χ2n) is 2.83. The van der Waals surface area contributed by atoms with E-state index in [9.17, 15) is 15.3 Å². The third kappa shape index (κ3) is 1.97. The molecule has 0 aromatic carbocycles. The molecule has 1 fully saturated rings. The van der Waals surface area contributed by atoms with Crippen molar-refractivity contribution in [3.63, 3.8) is 0 Å². The fourth-order valence-corrected chi connectivity index (χ4v) is 1.18. The molecule has 5 atom stereocenters. The molecule has 6 N–H and O–H groups in total. The van der Waals surface area contributed by atoms with E-state index in [1.165, 1.54) is 0 Å². The number of nitrogens with two attached hydrogens (primary N) is 1. The number of hydrogen-bond donors (Lipinski definition) is 5. The van der Waals surface area contributed by atoms with Crippen LogP contribution in [-0.2, 0) is 9.57 Å². The smallest absolute Gasteiger partial charge is 0.206 e. The van der Waals surface area contributed by atoms with Crippen molar-refractivity contribution < 1.29 is 30.0 Å². The molecular formula is C6H13NO6. The summed E-state index contributed by atoms with van der Waals surface area (Å²) in [5.74, 6) is 4.76. The molecule has 1 rings (SSSR count). The summed E-state index contributed by atoms with van der Waals surface area (Å²) in [5, 5.41) is 36.4. The first-order valence-corrected chi connectivity index (χ1v) is 3.78. The van der Waals surface area contributed by atoms with Crippen molar-refractivity contribution in [2.75, 3.05) is 6.61 Å². The van der Waals surface area contributed by atoms with Gasteiger partial charge < -0.3 is 25.2 Å². The van der Waals surface area contributed by atoms with E-state index in [4.69, 9.17) is 15.7 Å². The number of hydrogen-bond acceptors (Lipinski definition) is 7. The van der Waals surface area contributed by atoms with Crippen LogP contribution in [0.5, 0.6) is 0 Å². The van der Waals surface area contributed by atoms with Gasteiger partial charge in [-0.2, -0.15) is 0 Å².